The number of hydrogen-bond donors (Lipinski definition) is 1. The molecular formula is C18H25N5O3S. The maximum atomic E-state index is 12.9. The molecular weight excluding hydrogens is 366 g/mol. The van der Waals surface area contributed by atoms with Crippen molar-refractivity contribution >= 4 is 15.8 Å². The Morgan fingerprint density at radius 3 is 2.59 bits per heavy atom. The van der Waals surface area contributed by atoms with Crippen LogP contribution in [0.25, 0.3) is 0 Å². The lowest BCUT2D eigenvalue weighted by molar-refractivity contribution is 0.0305. The Morgan fingerprint density at radius 2 is 1.96 bits per heavy atom. The van der Waals surface area contributed by atoms with E-state index in [2.05, 4.69) is 15.3 Å². The first kappa shape index (κ1) is 18.4. The van der Waals surface area contributed by atoms with Gasteiger partial charge in [-0.25, -0.2) is 18.4 Å². The van der Waals surface area contributed by atoms with Crippen LogP contribution in [-0.2, 0) is 21.8 Å². The van der Waals surface area contributed by atoms with Crippen LogP contribution in [0.2, 0.25) is 0 Å². The molecule has 1 aliphatic carbocycles. The van der Waals surface area contributed by atoms with Gasteiger partial charge in [-0.15, -0.1) is 0 Å². The number of rotatable bonds is 5. The van der Waals surface area contributed by atoms with Crippen molar-refractivity contribution in [1.82, 2.24) is 18.8 Å². The van der Waals surface area contributed by atoms with E-state index in [4.69, 9.17) is 4.74 Å². The molecule has 2 fully saturated rings. The van der Waals surface area contributed by atoms with Gasteiger partial charge in [0.25, 0.3) is 10.0 Å². The summed E-state index contributed by atoms with van der Waals surface area (Å²) in [7, 11) is -0.0605. The number of nitrogens with zero attached hydrogens (tertiary/aromatic N) is 4. The smallest absolute Gasteiger partial charge is 0.262 e. The molecule has 1 saturated heterocycles. The Labute approximate surface area is 159 Å². The number of fused-ring (bicyclic) bond motifs is 1. The second-order valence-electron chi connectivity index (χ2n) is 7.43. The van der Waals surface area contributed by atoms with E-state index in [1.165, 1.54) is 6.33 Å². The Morgan fingerprint density at radius 1 is 1.19 bits per heavy atom. The summed E-state index contributed by atoms with van der Waals surface area (Å²) in [5.74, 6) is 1.42. The van der Waals surface area contributed by atoms with Gasteiger partial charge < -0.3 is 14.6 Å². The van der Waals surface area contributed by atoms with Crippen molar-refractivity contribution in [3.8, 4) is 0 Å². The van der Waals surface area contributed by atoms with Crippen molar-refractivity contribution < 1.29 is 13.2 Å². The molecule has 146 valence electrons. The minimum absolute atomic E-state index is 0.0331. The molecule has 1 saturated carbocycles. The summed E-state index contributed by atoms with van der Waals surface area (Å²) in [6.07, 6.45) is 6.55. The predicted molar refractivity (Wildman–Crippen MR) is 101 cm³/mol. The molecule has 2 aliphatic rings. The van der Waals surface area contributed by atoms with Gasteiger partial charge in [0.15, 0.2) is 5.03 Å². The lowest BCUT2D eigenvalue weighted by Gasteiger charge is -2.37. The van der Waals surface area contributed by atoms with Gasteiger partial charge >= 0.3 is 0 Å². The van der Waals surface area contributed by atoms with Crippen LogP contribution in [0.4, 0.5) is 5.82 Å². The van der Waals surface area contributed by atoms with Crippen LogP contribution in [0.15, 0.2) is 41.9 Å². The van der Waals surface area contributed by atoms with Gasteiger partial charge in [-0.2, -0.15) is 4.31 Å². The predicted octanol–water partition coefficient (Wildman–Crippen LogP) is 1.34. The Balaban J connectivity index is 1.49. The van der Waals surface area contributed by atoms with Crippen molar-refractivity contribution in [1.29, 1.82) is 0 Å². The maximum Gasteiger partial charge on any atom is 0.262 e. The van der Waals surface area contributed by atoms with Gasteiger partial charge in [-0.1, -0.05) is 6.07 Å². The van der Waals surface area contributed by atoms with Gasteiger partial charge in [0, 0.05) is 39.6 Å². The zero-order chi connectivity index (χ0) is 19.0. The van der Waals surface area contributed by atoms with Crippen LogP contribution < -0.4 is 5.32 Å². The largest absolute Gasteiger partial charge is 0.379 e. The third kappa shape index (κ3) is 3.59. The highest BCUT2D eigenvalue weighted by Gasteiger charge is 2.46. The van der Waals surface area contributed by atoms with Crippen LogP contribution in [0.3, 0.4) is 0 Å². The van der Waals surface area contributed by atoms with E-state index in [-0.39, 0.29) is 17.2 Å². The Kier molecular flexibility index (Phi) is 4.92. The minimum atomic E-state index is -3.55. The summed E-state index contributed by atoms with van der Waals surface area (Å²) in [5.41, 5.74) is 0. The van der Waals surface area contributed by atoms with Crippen molar-refractivity contribution in [3.63, 3.8) is 0 Å². The summed E-state index contributed by atoms with van der Waals surface area (Å²) in [6, 6.07) is 5.88. The molecule has 0 bridgehead atoms. The normalized spacial score (nSPS) is 28.8. The number of sulfonamides is 1. The molecule has 0 amide bonds. The van der Waals surface area contributed by atoms with Gasteiger partial charge in [-0.3, -0.25) is 0 Å². The summed E-state index contributed by atoms with van der Waals surface area (Å²) < 4.78 is 34.8. The molecule has 8 nitrogen and oxygen atoms in total. The molecule has 0 unspecified atom stereocenters. The van der Waals surface area contributed by atoms with Crippen LogP contribution in [0.5, 0.6) is 0 Å². The third-order valence-corrected chi connectivity index (χ3v) is 7.39. The van der Waals surface area contributed by atoms with E-state index in [1.54, 1.807) is 35.4 Å². The maximum absolute atomic E-state index is 12.9. The lowest BCUT2D eigenvalue weighted by Crippen LogP contribution is -2.44. The molecule has 27 heavy (non-hydrogen) atoms. The number of anilines is 1. The zero-order valence-corrected chi connectivity index (χ0v) is 16.3. The number of nitrogens with one attached hydrogen (secondary N) is 1. The highest BCUT2D eigenvalue weighted by atomic mass is 32.2. The van der Waals surface area contributed by atoms with Crippen molar-refractivity contribution in [2.45, 2.75) is 30.0 Å². The van der Waals surface area contributed by atoms with Gasteiger partial charge in [0.05, 0.1) is 18.5 Å². The molecule has 9 heteroatoms. The molecule has 0 spiro atoms. The van der Waals surface area contributed by atoms with E-state index in [0.717, 1.165) is 18.7 Å². The number of aryl methyl sites for hydroxylation is 1. The molecule has 4 rings (SSSR count). The fourth-order valence-corrected chi connectivity index (χ4v) is 5.79. The van der Waals surface area contributed by atoms with Crippen LogP contribution in [0, 0.1) is 11.8 Å². The average Bonchev–Trinajstić information content (AvgIpc) is 3.28. The molecule has 1 aliphatic heterocycles. The number of aromatic nitrogens is 3. The van der Waals surface area contributed by atoms with Crippen LogP contribution >= 0.6 is 0 Å². The first-order chi connectivity index (χ1) is 13.0. The second-order valence-corrected chi connectivity index (χ2v) is 9.32. The summed E-state index contributed by atoms with van der Waals surface area (Å²) >= 11 is 0. The van der Waals surface area contributed by atoms with E-state index < -0.39 is 10.0 Å². The van der Waals surface area contributed by atoms with E-state index >= 15 is 0 Å². The highest BCUT2D eigenvalue weighted by Crippen LogP contribution is 2.40. The molecule has 2 aromatic rings. The van der Waals surface area contributed by atoms with Crippen LogP contribution in [0.1, 0.15) is 12.8 Å². The summed E-state index contributed by atoms with van der Waals surface area (Å²) in [4.78, 5) is 8.38. The lowest BCUT2D eigenvalue weighted by atomic mass is 9.77. The van der Waals surface area contributed by atoms with Gasteiger partial charge in [-0.05, 0) is 36.8 Å². The minimum Gasteiger partial charge on any atom is -0.379 e. The molecule has 1 N–H and O–H groups in total. The number of imidazole rings is 1. The third-order valence-electron chi connectivity index (χ3n) is 5.67. The quantitative estimate of drug-likeness (QED) is 0.827. The monoisotopic (exact) mass is 391 g/mol. The van der Waals surface area contributed by atoms with E-state index in [0.29, 0.717) is 24.9 Å². The number of pyridine rings is 1. The van der Waals surface area contributed by atoms with E-state index in [1.807, 2.05) is 18.2 Å². The van der Waals surface area contributed by atoms with Gasteiger partial charge in [0.2, 0.25) is 0 Å². The average molecular weight is 391 g/mol. The fraction of sp³-hybridized carbons (Fsp3) is 0.556. The van der Waals surface area contributed by atoms with Crippen molar-refractivity contribution in [3.05, 3.63) is 36.9 Å². The van der Waals surface area contributed by atoms with Crippen molar-refractivity contribution in [2.24, 2.45) is 18.9 Å². The SMILES string of the molecule is CO[C@@H]1C[C@H]2CN(S(=O)(=O)c3cn(C)cn3)C[C@H]2C[C@H]1Nc1ccccn1. The first-order valence-corrected chi connectivity index (χ1v) is 10.6. The fourth-order valence-electron chi connectivity index (χ4n) is 4.27. The zero-order valence-electron chi connectivity index (χ0n) is 15.5. The summed E-state index contributed by atoms with van der Waals surface area (Å²) in [5, 5.41) is 3.58. The standard InChI is InChI=1S/C18H25N5O3S/c1-22-11-18(20-12-22)27(24,25)23-9-13-7-15(16(26-2)8-14(13)10-23)21-17-5-3-4-6-19-17/h3-6,11-16H,7-10H2,1-2H3,(H,19,21)/t13-,14+,15-,16-/m1/s1. The van der Waals surface area contributed by atoms with Gasteiger partial charge in [0.1, 0.15) is 5.82 Å². The molecule has 0 aromatic carbocycles. The highest BCUT2D eigenvalue weighted by molar-refractivity contribution is 7.89. The number of ether oxygens (including phenoxy) is 1. The number of methoxy groups -OCH3 is 1. The Bertz CT molecular complexity index is 885. The first-order valence-electron chi connectivity index (χ1n) is 9.16. The van der Waals surface area contributed by atoms with E-state index in [9.17, 15) is 8.42 Å². The molecule has 0 radical (unpaired) electrons. The molecule has 3 heterocycles. The van der Waals surface area contributed by atoms with Crippen LogP contribution in [-0.4, -0.2) is 59.6 Å². The molecule has 2 aromatic heterocycles. The second kappa shape index (κ2) is 7.21. The number of hydrogen-bond acceptors (Lipinski definition) is 6. The topological polar surface area (TPSA) is 89.4 Å². The van der Waals surface area contributed by atoms with Crippen molar-refractivity contribution in [2.75, 3.05) is 25.5 Å². The Hall–Kier alpha value is -1.97. The summed E-state index contributed by atoms with van der Waals surface area (Å²) in [6.45, 7) is 1.06. The molecule has 4 atom stereocenters.